The van der Waals surface area contributed by atoms with E-state index in [4.69, 9.17) is 0 Å². The number of hydrogen-bond donors (Lipinski definition) is 2. The van der Waals surface area contributed by atoms with Crippen molar-refractivity contribution in [2.75, 3.05) is 11.6 Å². The number of aryl methyl sites for hydroxylation is 1. The van der Waals surface area contributed by atoms with Crippen LogP contribution < -0.4 is 5.32 Å². The Hall–Kier alpha value is -2.35. The SMILES string of the molecule is C=CSC.CC.Cc1ccc(-c2scc(NC(=O)c3ccsc3)c2C(=O)O)cc1. The maximum Gasteiger partial charge on any atom is 0.339 e. The number of carboxylic acids is 1. The van der Waals surface area contributed by atoms with Gasteiger partial charge in [0.1, 0.15) is 5.56 Å². The molecule has 0 saturated heterocycles. The molecule has 0 aliphatic carbocycles. The van der Waals surface area contributed by atoms with Gasteiger partial charge >= 0.3 is 5.97 Å². The van der Waals surface area contributed by atoms with Gasteiger partial charge in [0.25, 0.3) is 5.91 Å². The van der Waals surface area contributed by atoms with Gasteiger partial charge in [0.05, 0.1) is 16.1 Å². The van der Waals surface area contributed by atoms with Gasteiger partial charge in [-0.15, -0.1) is 23.1 Å². The van der Waals surface area contributed by atoms with Crippen LogP contribution in [0.5, 0.6) is 0 Å². The fourth-order valence-electron chi connectivity index (χ4n) is 2.17. The molecule has 1 aromatic carbocycles. The van der Waals surface area contributed by atoms with Gasteiger partial charge in [-0.25, -0.2) is 4.79 Å². The number of thioether (sulfide) groups is 1. The Bertz CT molecular complexity index is 913. The number of carbonyl (C=O) groups is 2. The quantitative estimate of drug-likeness (QED) is 0.432. The molecule has 0 fully saturated rings. The molecule has 0 atom stereocenters. The molecule has 2 heterocycles. The number of carboxylic acid groups (broad SMARTS) is 1. The third-order valence-corrected chi connectivity index (χ3v) is 5.56. The third-order valence-electron chi connectivity index (χ3n) is 3.52. The van der Waals surface area contributed by atoms with E-state index in [0.29, 0.717) is 16.1 Å². The second kappa shape index (κ2) is 13.0. The molecule has 0 spiro atoms. The average molecular weight is 448 g/mol. The van der Waals surface area contributed by atoms with Gasteiger partial charge < -0.3 is 10.4 Å². The van der Waals surface area contributed by atoms with Crippen LogP contribution >= 0.6 is 34.4 Å². The summed E-state index contributed by atoms with van der Waals surface area (Å²) in [7, 11) is 0. The molecule has 4 nitrogen and oxygen atoms in total. The predicted molar refractivity (Wildman–Crippen MR) is 129 cm³/mol. The van der Waals surface area contributed by atoms with Crippen LogP contribution in [0.25, 0.3) is 10.4 Å². The minimum atomic E-state index is -1.05. The molecule has 2 N–H and O–H groups in total. The molecule has 154 valence electrons. The van der Waals surface area contributed by atoms with Gasteiger partial charge in [0, 0.05) is 10.8 Å². The van der Waals surface area contributed by atoms with Gasteiger partial charge in [-0.2, -0.15) is 11.3 Å². The number of nitrogens with one attached hydrogen (secondary N) is 1. The monoisotopic (exact) mass is 447 g/mol. The lowest BCUT2D eigenvalue weighted by molar-refractivity contribution is 0.0699. The minimum Gasteiger partial charge on any atom is -0.478 e. The molecule has 0 radical (unpaired) electrons. The normalized spacial score (nSPS) is 9.38. The zero-order valence-electron chi connectivity index (χ0n) is 16.9. The van der Waals surface area contributed by atoms with E-state index in [2.05, 4.69) is 11.9 Å². The second-order valence-corrected chi connectivity index (χ2v) is 7.86. The molecular weight excluding hydrogens is 422 g/mol. The molecular formula is C22H25NO3S3. The van der Waals surface area contributed by atoms with Gasteiger partial charge in [-0.1, -0.05) is 50.3 Å². The number of benzene rings is 1. The summed E-state index contributed by atoms with van der Waals surface area (Å²) in [6.45, 7) is 9.42. The van der Waals surface area contributed by atoms with E-state index in [9.17, 15) is 14.7 Å². The minimum absolute atomic E-state index is 0.127. The van der Waals surface area contributed by atoms with Crippen molar-refractivity contribution < 1.29 is 14.7 Å². The summed E-state index contributed by atoms with van der Waals surface area (Å²) < 4.78 is 0. The molecule has 0 aliphatic rings. The first-order valence-electron chi connectivity index (χ1n) is 8.87. The molecule has 2 aromatic heterocycles. The molecule has 0 unspecified atom stereocenters. The van der Waals surface area contributed by atoms with Crippen LogP contribution in [0, 0.1) is 6.92 Å². The van der Waals surface area contributed by atoms with Crippen molar-refractivity contribution >= 4 is 52.0 Å². The van der Waals surface area contributed by atoms with Crippen molar-refractivity contribution in [1.82, 2.24) is 0 Å². The number of aromatic carboxylic acids is 1. The predicted octanol–water partition coefficient (Wildman–Crippen LogP) is 7.25. The smallest absolute Gasteiger partial charge is 0.339 e. The number of hydrogen-bond acceptors (Lipinski definition) is 5. The third kappa shape index (κ3) is 7.20. The van der Waals surface area contributed by atoms with Crippen molar-refractivity contribution in [2.45, 2.75) is 20.8 Å². The van der Waals surface area contributed by atoms with E-state index < -0.39 is 5.97 Å². The maximum atomic E-state index is 12.1. The van der Waals surface area contributed by atoms with Gasteiger partial charge in [0.15, 0.2) is 0 Å². The zero-order chi connectivity index (χ0) is 21.8. The van der Waals surface area contributed by atoms with Crippen LogP contribution in [0.15, 0.2) is 58.5 Å². The Morgan fingerprint density at radius 1 is 1.14 bits per heavy atom. The van der Waals surface area contributed by atoms with Crippen molar-refractivity contribution in [3.63, 3.8) is 0 Å². The fraction of sp³-hybridized carbons (Fsp3) is 0.182. The van der Waals surface area contributed by atoms with Crippen LogP contribution in [0.3, 0.4) is 0 Å². The van der Waals surface area contributed by atoms with E-state index in [1.165, 1.54) is 22.7 Å². The summed E-state index contributed by atoms with van der Waals surface area (Å²) in [4.78, 5) is 24.5. The van der Waals surface area contributed by atoms with E-state index >= 15 is 0 Å². The van der Waals surface area contributed by atoms with E-state index in [-0.39, 0.29) is 11.5 Å². The molecule has 0 aliphatic heterocycles. The van der Waals surface area contributed by atoms with Crippen LogP contribution in [0.1, 0.15) is 40.1 Å². The first-order chi connectivity index (χ1) is 14.0. The average Bonchev–Trinajstić information content (AvgIpc) is 3.40. The Labute approximate surface area is 184 Å². The van der Waals surface area contributed by atoms with E-state index in [1.807, 2.05) is 51.3 Å². The zero-order valence-corrected chi connectivity index (χ0v) is 19.3. The number of carbonyl (C=O) groups excluding carboxylic acids is 1. The number of anilines is 1. The topological polar surface area (TPSA) is 66.4 Å². The number of amides is 1. The second-order valence-electron chi connectivity index (χ2n) is 5.39. The largest absolute Gasteiger partial charge is 0.478 e. The number of rotatable bonds is 5. The van der Waals surface area contributed by atoms with Crippen LogP contribution in [-0.2, 0) is 0 Å². The molecule has 0 bridgehead atoms. The molecule has 29 heavy (non-hydrogen) atoms. The Balaban J connectivity index is 0.000000627. The van der Waals surface area contributed by atoms with Crippen molar-refractivity contribution in [1.29, 1.82) is 0 Å². The summed E-state index contributed by atoms with van der Waals surface area (Å²) >= 11 is 4.35. The van der Waals surface area contributed by atoms with Crippen molar-refractivity contribution in [3.8, 4) is 10.4 Å². The van der Waals surface area contributed by atoms with Crippen molar-refractivity contribution in [3.05, 3.63) is 75.1 Å². The van der Waals surface area contributed by atoms with Crippen LogP contribution in [0.4, 0.5) is 5.69 Å². The first kappa shape index (κ1) is 24.7. The summed E-state index contributed by atoms with van der Waals surface area (Å²) in [5.41, 5.74) is 2.91. The Morgan fingerprint density at radius 2 is 1.76 bits per heavy atom. The molecule has 3 rings (SSSR count). The Morgan fingerprint density at radius 3 is 2.24 bits per heavy atom. The summed E-state index contributed by atoms with van der Waals surface area (Å²) in [6, 6.07) is 9.35. The maximum absolute atomic E-state index is 12.1. The highest BCUT2D eigenvalue weighted by atomic mass is 32.2. The van der Waals surface area contributed by atoms with Crippen molar-refractivity contribution in [2.24, 2.45) is 0 Å². The highest BCUT2D eigenvalue weighted by molar-refractivity contribution is 8.01. The first-order valence-corrected chi connectivity index (χ1v) is 12.0. The van der Waals surface area contributed by atoms with Crippen LogP contribution in [-0.4, -0.2) is 23.2 Å². The van der Waals surface area contributed by atoms with Crippen LogP contribution in [0.2, 0.25) is 0 Å². The van der Waals surface area contributed by atoms with Gasteiger partial charge in [-0.3, -0.25) is 4.79 Å². The van der Waals surface area contributed by atoms with E-state index in [1.54, 1.807) is 39.4 Å². The highest BCUT2D eigenvalue weighted by Gasteiger charge is 2.21. The molecule has 1 amide bonds. The molecule has 0 saturated carbocycles. The highest BCUT2D eigenvalue weighted by Crippen LogP contribution is 2.36. The standard InChI is InChI=1S/C17H13NO3S2.C3H6S.C2H6/c1-10-2-4-11(5-3-10)15-14(17(20)21)13(9-23-15)18-16(19)12-6-7-22-8-12;1-3-4-2;1-2/h2-9H,1H3,(H,18,19)(H,20,21);3H,1H2,2H3;1-2H3. The van der Waals surface area contributed by atoms with E-state index in [0.717, 1.165) is 11.1 Å². The summed E-state index contributed by atoms with van der Waals surface area (Å²) in [5.74, 6) is -1.36. The lowest BCUT2D eigenvalue weighted by Crippen LogP contribution is -2.13. The van der Waals surface area contributed by atoms with Gasteiger partial charge in [-0.05, 0) is 35.6 Å². The molecule has 7 heteroatoms. The summed E-state index contributed by atoms with van der Waals surface area (Å²) in [6.07, 6.45) is 1.98. The summed E-state index contributed by atoms with van der Waals surface area (Å²) in [5, 5.41) is 19.2. The fourth-order valence-corrected chi connectivity index (χ4v) is 3.80. The number of thiophene rings is 2. The molecule has 3 aromatic rings. The lowest BCUT2D eigenvalue weighted by atomic mass is 10.1. The van der Waals surface area contributed by atoms with Gasteiger partial charge in [0.2, 0.25) is 0 Å². The lowest BCUT2D eigenvalue weighted by Gasteiger charge is -2.05. The Kier molecular flexibility index (Phi) is 11.1.